The van der Waals surface area contributed by atoms with Crippen molar-refractivity contribution in [3.63, 3.8) is 0 Å². The Labute approximate surface area is 224 Å². The Balaban J connectivity index is 1.30. The van der Waals surface area contributed by atoms with Crippen molar-refractivity contribution >= 4 is 17.8 Å². The van der Waals surface area contributed by atoms with Gasteiger partial charge in [-0.15, -0.1) is 10.2 Å². The molecule has 4 rings (SSSR count). The van der Waals surface area contributed by atoms with Gasteiger partial charge in [-0.3, -0.25) is 9.69 Å². The fourth-order valence-corrected chi connectivity index (χ4v) is 4.56. The third-order valence-electron chi connectivity index (χ3n) is 6.79. The SMILES string of the molecule is COc1cccc(-c2ccc(N3CCN(C(=O)CN(CCN4CCOCC4)C(=O)NC(C)C)CC3)nn2)c1. The first kappa shape index (κ1) is 27.6. The summed E-state index contributed by atoms with van der Waals surface area (Å²) < 4.78 is 10.7. The molecule has 0 spiro atoms. The van der Waals surface area contributed by atoms with Crippen LogP contribution in [0.4, 0.5) is 10.6 Å². The average molecular weight is 526 g/mol. The summed E-state index contributed by atoms with van der Waals surface area (Å²) in [5.74, 6) is 1.52. The number of urea groups is 1. The molecule has 2 saturated heterocycles. The number of aromatic nitrogens is 2. The number of piperazine rings is 1. The predicted molar refractivity (Wildman–Crippen MR) is 145 cm³/mol. The minimum atomic E-state index is -0.202. The first-order valence-electron chi connectivity index (χ1n) is 13.3. The number of nitrogens with zero attached hydrogens (tertiary/aromatic N) is 6. The van der Waals surface area contributed by atoms with E-state index in [1.54, 1.807) is 12.0 Å². The van der Waals surface area contributed by atoms with E-state index in [-0.39, 0.29) is 24.5 Å². The highest BCUT2D eigenvalue weighted by molar-refractivity contribution is 5.84. The third-order valence-corrected chi connectivity index (χ3v) is 6.79. The number of anilines is 1. The molecule has 1 aromatic heterocycles. The number of nitrogens with one attached hydrogen (secondary N) is 1. The summed E-state index contributed by atoms with van der Waals surface area (Å²) in [6.45, 7) is 10.7. The quantitative estimate of drug-likeness (QED) is 0.526. The van der Waals surface area contributed by atoms with Gasteiger partial charge in [-0.25, -0.2) is 4.79 Å². The Bertz CT molecular complexity index is 1050. The van der Waals surface area contributed by atoms with Gasteiger partial charge in [-0.2, -0.15) is 0 Å². The molecule has 0 aliphatic carbocycles. The maximum Gasteiger partial charge on any atom is 0.318 e. The zero-order valence-electron chi connectivity index (χ0n) is 22.6. The number of morpholine rings is 1. The maximum absolute atomic E-state index is 13.2. The first-order chi connectivity index (χ1) is 18.4. The van der Waals surface area contributed by atoms with Crippen LogP contribution in [-0.2, 0) is 9.53 Å². The molecular formula is C27H39N7O4. The number of ether oxygens (including phenoxy) is 2. The number of carbonyl (C=O) groups is 2. The van der Waals surface area contributed by atoms with Gasteiger partial charge in [0.2, 0.25) is 5.91 Å². The highest BCUT2D eigenvalue weighted by Crippen LogP contribution is 2.23. The van der Waals surface area contributed by atoms with Crippen molar-refractivity contribution in [1.82, 2.24) is 30.2 Å². The summed E-state index contributed by atoms with van der Waals surface area (Å²) in [6, 6.07) is 11.4. The van der Waals surface area contributed by atoms with Crippen molar-refractivity contribution < 1.29 is 19.1 Å². The van der Waals surface area contributed by atoms with Crippen molar-refractivity contribution in [3.05, 3.63) is 36.4 Å². The van der Waals surface area contributed by atoms with Crippen molar-refractivity contribution in [2.75, 3.05) is 84.1 Å². The number of benzene rings is 1. The smallest absolute Gasteiger partial charge is 0.318 e. The van der Waals surface area contributed by atoms with E-state index < -0.39 is 0 Å². The summed E-state index contributed by atoms with van der Waals surface area (Å²) in [6.07, 6.45) is 0. The molecule has 2 aliphatic heterocycles. The van der Waals surface area contributed by atoms with Gasteiger partial charge in [0.25, 0.3) is 0 Å². The standard InChI is InChI=1S/C27H39N7O4/c1-21(2)28-27(36)34(10-9-31-15-17-38-18-16-31)20-26(35)33-13-11-32(12-14-33)25-8-7-24(29-30-25)22-5-4-6-23(19-22)37-3/h4-8,19,21H,9-18,20H2,1-3H3,(H,28,36). The minimum Gasteiger partial charge on any atom is -0.497 e. The van der Waals surface area contributed by atoms with Gasteiger partial charge < -0.3 is 29.5 Å². The van der Waals surface area contributed by atoms with E-state index in [4.69, 9.17) is 9.47 Å². The molecule has 11 heteroatoms. The average Bonchev–Trinajstić information content (AvgIpc) is 2.95. The van der Waals surface area contributed by atoms with E-state index in [2.05, 4.69) is 25.3 Å². The van der Waals surface area contributed by atoms with E-state index in [1.807, 2.05) is 55.1 Å². The normalized spacial score (nSPS) is 16.4. The Kier molecular flexibility index (Phi) is 9.72. The van der Waals surface area contributed by atoms with Crippen molar-refractivity contribution in [1.29, 1.82) is 0 Å². The van der Waals surface area contributed by atoms with Gasteiger partial charge in [0.05, 0.1) is 26.0 Å². The van der Waals surface area contributed by atoms with E-state index in [0.29, 0.717) is 45.9 Å². The van der Waals surface area contributed by atoms with E-state index in [0.717, 1.165) is 42.5 Å². The number of hydrogen-bond acceptors (Lipinski definition) is 8. The van der Waals surface area contributed by atoms with Gasteiger partial charge in [0, 0.05) is 64.0 Å². The zero-order valence-corrected chi connectivity index (χ0v) is 22.6. The van der Waals surface area contributed by atoms with Crippen LogP contribution < -0.4 is 15.0 Å². The minimum absolute atomic E-state index is 0.00320. The highest BCUT2D eigenvalue weighted by Gasteiger charge is 2.26. The Hall–Kier alpha value is -3.44. The zero-order chi connectivity index (χ0) is 26.9. The lowest BCUT2D eigenvalue weighted by Gasteiger charge is -2.36. The van der Waals surface area contributed by atoms with Gasteiger partial charge in [-0.05, 0) is 38.1 Å². The lowest BCUT2D eigenvalue weighted by molar-refractivity contribution is -0.132. The van der Waals surface area contributed by atoms with Crippen molar-refractivity contribution in [3.8, 4) is 17.0 Å². The van der Waals surface area contributed by atoms with Gasteiger partial charge >= 0.3 is 6.03 Å². The van der Waals surface area contributed by atoms with Gasteiger partial charge in [0.1, 0.15) is 12.3 Å². The third kappa shape index (κ3) is 7.55. The van der Waals surface area contributed by atoms with E-state index in [9.17, 15) is 9.59 Å². The number of carbonyl (C=O) groups excluding carboxylic acids is 2. The first-order valence-corrected chi connectivity index (χ1v) is 13.3. The lowest BCUT2D eigenvalue weighted by atomic mass is 10.1. The maximum atomic E-state index is 13.2. The van der Waals surface area contributed by atoms with Crippen LogP contribution in [0.3, 0.4) is 0 Å². The van der Waals surface area contributed by atoms with Crippen LogP contribution in [0, 0.1) is 0 Å². The molecule has 2 fully saturated rings. The highest BCUT2D eigenvalue weighted by atomic mass is 16.5. The molecule has 2 aromatic rings. The van der Waals surface area contributed by atoms with Crippen LogP contribution in [0.25, 0.3) is 11.3 Å². The predicted octanol–water partition coefficient (Wildman–Crippen LogP) is 1.55. The second-order valence-corrected chi connectivity index (χ2v) is 9.86. The molecule has 3 heterocycles. The second-order valence-electron chi connectivity index (χ2n) is 9.86. The molecule has 0 radical (unpaired) electrons. The van der Waals surface area contributed by atoms with Crippen LogP contribution in [0.2, 0.25) is 0 Å². The molecule has 0 atom stereocenters. The molecule has 0 bridgehead atoms. The number of rotatable bonds is 9. The van der Waals surface area contributed by atoms with Crippen molar-refractivity contribution in [2.24, 2.45) is 0 Å². The summed E-state index contributed by atoms with van der Waals surface area (Å²) in [4.78, 5) is 33.8. The molecule has 0 unspecified atom stereocenters. The summed E-state index contributed by atoms with van der Waals surface area (Å²) in [5.41, 5.74) is 1.72. The monoisotopic (exact) mass is 525 g/mol. The molecule has 0 saturated carbocycles. The van der Waals surface area contributed by atoms with Crippen molar-refractivity contribution in [2.45, 2.75) is 19.9 Å². The molecule has 11 nitrogen and oxygen atoms in total. The Morgan fingerprint density at radius 2 is 1.82 bits per heavy atom. The number of methoxy groups -OCH3 is 1. The van der Waals surface area contributed by atoms with E-state index >= 15 is 0 Å². The van der Waals surface area contributed by atoms with E-state index in [1.165, 1.54) is 0 Å². The summed E-state index contributed by atoms with van der Waals surface area (Å²) in [7, 11) is 1.64. The second kappa shape index (κ2) is 13.4. The lowest BCUT2D eigenvalue weighted by Crippen LogP contribution is -2.54. The number of amides is 3. The Morgan fingerprint density at radius 3 is 2.47 bits per heavy atom. The molecule has 1 aromatic carbocycles. The fraction of sp³-hybridized carbons (Fsp3) is 0.556. The van der Waals surface area contributed by atoms with Gasteiger partial charge in [-0.1, -0.05) is 12.1 Å². The molecule has 1 N–H and O–H groups in total. The fourth-order valence-electron chi connectivity index (χ4n) is 4.56. The molecule has 206 valence electrons. The Morgan fingerprint density at radius 1 is 1.05 bits per heavy atom. The molecule has 3 amide bonds. The summed E-state index contributed by atoms with van der Waals surface area (Å²) in [5, 5.41) is 11.8. The number of hydrogen-bond donors (Lipinski definition) is 1. The van der Waals surface area contributed by atoms with Crippen LogP contribution in [-0.4, -0.2) is 122 Å². The van der Waals surface area contributed by atoms with Crippen LogP contribution in [0.5, 0.6) is 5.75 Å². The topological polar surface area (TPSA) is 103 Å². The molecule has 38 heavy (non-hydrogen) atoms. The van der Waals surface area contributed by atoms with Crippen LogP contribution >= 0.6 is 0 Å². The van der Waals surface area contributed by atoms with Gasteiger partial charge in [0.15, 0.2) is 5.82 Å². The van der Waals surface area contributed by atoms with Crippen LogP contribution in [0.1, 0.15) is 13.8 Å². The molecule has 2 aliphatic rings. The largest absolute Gasteiger partial charge is 0.497 e. The van der Waals surface area contributed by atoms with Crippen LogP contribution in [0.15, 0.2) is 36.4 Å². The molecular weight excluding hydrogens is 486 g/mol. The summed E-state index contributed by atoms with van der Waals surface area (Å²) >= 11 is 0.